The quantitative estimate of drug-likeness (QED) is 0.611. The summed E-state index contributed by atoms with van der Waals surface area (Å²) in [5.74, 6) is -3.88. The van der Waals surface area contributed by atoms with Gasteiger partial charge in [0.1, 0.15) is 5.82 Å². The van der Waals surface area contributed by atoms with Gasteiger partial charge in [0, 0.05) is 49.9 Å². The molecule has 1 aromatic carbocycles. The Kier molecular flexibility index (Phi) is 5.94. The van der Waals surface area contributed by atoms with Crippen LogP contribution < -0.4 is 16.2 Å². The molecule has 35 heavy (non-hydrogen) atoms. The van der Waals surface area contributed by atoms with Crippen LogP contribution in [-0.2, 0) is 5.92 Å². The molecular weight excluding hydrogens is 457 g/mol. The van der Waals surface area contributed by atoms with Gasteiger partial charge in [-0.2, -0.15) is 0 Å². The van der Waals surface area contributed by atoms with Crippen molar-refractivity contribution in [3.05, 3.63) is 63.3 Å². The Balaban J connectivity index is 1.42. The summed E-state index contributed by atoms with van der Waals surface area (Å²) in [4.78, 5) is 28.5. The van der Waals surface area contributed by atoms with Crippen LogP contribution in [0.1, 0.15) is 66.7 Å². The summed E-state index contributed by atoms with van der Waals surface area (Å²) >= 11 is 0. The lowest BCUT2D eigenvalue weighted by Crippen LogP contribution is -2.34. The molecule has 6 nitrogen and oxygen atoms in total. The number of aromatic nitrogens is 1. The van der Waals surface area contributed by atoms with E-state index in [1.165, 1.54) is 18.2 Å². The number of alkyl halides is 2. The molecule has 4 atom stereocenters. The van der Waals surface area contributed by atoms with Gasteiger partial charge in [0.15, 0.2) is 0 Å². The van der Waals surface area contributed by atoms with E-state index in [9.17, 15) is 22.8 Å². The lowest BCUT2D eigenvalue weighted by atomic mass is 9.92. The first-order valence-corrected chi connectivity index (χ1v) is 12.2. The van der Waals surface area contributed by atoms with Crippen LogP contribution in [0.3, 0.4) is 0 Å². The molecule has 1 aromatic heterocycles. The van der Waals surface area contributed by atoms with Crippen LogP contribution in [0.15, 0.2) is 35.3 Å². The van der Waals surface area contributed by atoms with E-state index in [2.05, 4.69) is 22.6 Å². The van der Waals surface area contributed by atoms with E-state index in [1.807, 2.05) is 0 Å². The van der Waals surface area contributed by atoms with Crippen molar-refractivity contribution in [2.24, 2.45) is 11.8 Å². The molecule has 3 fully saturated rings. The SMILES string of the molecule is C[C@@H](NC(=O)c1cn(C2CCC2)c(=O)cc1N[C@H]1[C@@H]2CN(C)C[C@@H]21)c1cccc(C(C)(F)F)c1F. The molecular formula is C26H31F3N4O2. The Labute approximate surface area is 202 Å². The Morgan fingerprint density at radius 1 is 1.20 bits per heavy atom. The van der Waals surface area contributed by atoms with Gasteiger partial charge < -0.3 is 20.1 Å². The zero-order valence-electron chi connectivity index (χ0n) is 20.2. The number of carbonyl (C=O) groups excluding carboxylic acids is 1. The number of amides is 1. The van der Waals surface area contributed by atoms with Crippen molar-refractivity contribution in [1.29, 1.82) is 0 Å². The third-order valence-corrected chi connectivity index (χ3v) is 7.81. The first-order chi connectivity index (χ1) is 16.5. The van der Waals surface area contributed by atoms with Gasteiger partial charge in [0.2, 0.25) is 0 Å². The average Bonchev–Trinajstić information content (AvgIpc) is 3.18. The number of nitrogens with one attached hydrogen (secondary N) is 2. The van der Waals surface area contributed by atoms with Crippen LogP contribution >= 0.6 is 0 Å². The van der Waals surface area contributed by atoms with Crippen LogP contribution in [0.4, 0.5) is 18.9 Å². The number of anilines is 1. The van der Waals surface area contributed by atoms with Crippen molar-refractivity contribution < 1.29 is 18.0 Å². The van der Waals surface area contributed by atoms with Crippen molar-refractivity contribution in [2.75, 3.05) is 25.5 Å². The molecule has 0 bridgehead atoms. The van der Waals surface area contributed by atoms with Gasteiger partial charge >= 0.3 is 0 Å². The molecule has 0 unspecified atom stereocenters. The second-order valence-electron chi connectivity index (χ2n) is 10.4. The molecule has 9 heteroatoms. The highest BCUT2D eigenvalue weighted by Gasteiger charge is 2.55. The monoisotopic (exact) mass is 488 g/mol. The molecule has 1 amide bonds. The van der Waals surface area contributed by atoms with Gasteiger partial charge in [-0.05, 0) is 45.1 Å². The highest BCUT2D eigenvalue weighted by atomic mass is 19.3. The molecule has 2 heterocycles. The molecule has 1 aliphatic heterocycles. The summed E-state index contributed by atoms with van der Waals surface area (Å²) in [7, 11) is 2.08. The molecule has 3 aliphatic rings. The molecule has 2 aromatic rings. The van der Waals surface area contributed by atoms with Gasteiger partial charge in [-0.15, -0.1) is 0 Å². The van der Waals surface area contributed by atoms with Crippen molar-refractivity contribution in [2.45, 2.75) is 57.2 Å². The number of benzene rings is 1. The minimum Gasteiger partial charge on any atom is -0.381 e. The van der Waals surface area contributed by atoms with Gasteiger partial charge in [-0.3, -0.25) is 9.59 Å². The van der Waals surface area contributed by atoms with Crippen molar-refractivity contribution >= 4 is 11.6 Å². The van der Waals surface area contributed by atoms with E-state index in [0.717, 1.165) is 38.4 Å². The number of nitrogens with zero attached hydrogens (tertiary/aromatic N) is 2. The second kappa shape index (κ2) is 8.69. The summed E-state index contributed by atoms with van der Waals surface area (Å²) in [5, 5.41) is 6.17. The number of piperidine rings is 1. The first-order valence-electron chi connectivity index (χ1n) is 12.2. The maximum absolute atomic E-state index is 14.9. The summed E-state index contributed by atoms with van der Waals surface area (Å²) in [6, 6.07) is 4.70. The Hall–Kier alpha value is -2.81. The fraction of sp³-hybridized carbons (Fsp3) is 0.538. The molecule has 1 saturated heterocycles. The fourth-order valence-electron chi connectivity index (χ4n) is 5.50. The van der Waals surface area contributed by atoms with Crippen molar-refractivity contribution in [3.8, 4) is 0 Å². The van der Waals surface area contributed by atoms with Crippen molar-refractivity contribution in [3.63, 3.8) is 0 Å². The fourth-order valence-corrected chi connectivity index (χ4v) is 5.50. The van der Waals surface area contributed by atoms with Crippen LogP contribution in [0, 0.1) is 17.7 Å². The Morgan fingerprint density at radius 2 is 1.89 bits per heavy atom. The summed E-state index contributed by atoms with van der Waals surface area (Å²) in [6.07, 6.45) is 4.39. The van der Waals surface area contributed by atoms with E-state index in [-0.39, 0.29) is 23.2 Å². The minimum absolute atomic E-state index is 0.0149. The molecule has 0 spiro atoms. The molecule has 2 aliphatic carbocycles. The average molecular weight is 489 g/mol. The topological polar surface area (TPSA) is 66.4 Å². The van der Waals surface area contributed by atoms with E-state index in [0.29, 0.717) is 30.0 Å². The smallest absolute Gasteiger partial charge is 0.273 e. The van der Waals surface area contributed by atoms with Crippen LogP contribution in [0.5, 0.6) is 0 Å². The number of hydrogen-bond acceptors (Lipinski definition) is 4. The molecule has 2 N–H and O–H groups in total. The number of hydrogen-bond donors (Lipinski definition) is 2. The number of rotatable bonds is 7. The molecule has 5 rings (SSSR count). The molecule has 2 saturated carbocycles. The first kappa shape index (κ1) is 23.9. The number of halogens is 3. The number of likely N-dealkylation sites (tertiary alicyclic amines) is 1. The maximum atomic E-state index is 14.9. The predicted molar refractivity (Wildman–Crippen MR) is 127 cm³/mol. The van der Waals surface area contributed by atoms with Crippen LogP contribution in [0.2, 0.25) is 0 Å². The Bertz CT molecular complexity index is 1190. The minimum atomic E-state index is -3.34. The van der Waals surface area contributed by atoms with Crippen molar-refractivity contribution in [1.82, 2.24) is 14.8 Å². The Morgan fingerprint density at radius 3 is 2.49 bits per heavy atom. The third kappa shape index (κ3) is 4.46. The maximum Gasteiger partial charge on any atom is 0.273 e. The van der Waals surface area contributed by atoms with Crippen LogP contribution in [0.25, 0.3) is 0 Å². The predicted octanol–water partition coefficient (Wildman–Crippen LogP) is 4.29. The van der Waals surface area contributed by atoms with Crippen LogP contribution in [-0.4, -0.2) is 41.6 Å². The summed E-state index contributed by atoms with van der Waals surface area (Å²) in [6.45, 7) is 4.14. The van der Waals surface area contributed by atoms with E-state index < -0.39 is 29.3 Å². The number of pyridine rings is 1. The van der Waals surface area contributed by atoms with Gasteiger partial charge in [-0.25, -0.2) is 13.2 Å². The third-order valence-electron chi connectivity index (χ3n) is 7.81. The highest BCUT2D eigenvalue weighted by molar-refractivity contribution is 5.99. The summed E-state index contributed by atoms with van der Waals surface area (Å²) in [5.41, 5.74) is -0.111. The van der Waals surface area contributed by atoms with Gasteiger partial charge in [-0.1, -0.05) is 18.2 Å². The number of fused-ring (bicyclic) bond motifs is 1. The molecule has 0 radical (unpaired) electrons. The lowest BCUT2D eigenvalue weighted by Gasteiger charge is -2.29. The van der Waals surface area contributed by atoms with E-state index in [4.69, 9.17) is 0 Å². The zero-order valence-corrected chi connectivity index (χ0v) is 20.2. The van der Waals surface area contributed by atoms with Gasteiger partial charge in [0.25, 0.3) is 17.4 Å². The summed E-state index contributed by atoms with van der Waals surface area (Å²) < 4.78 is 44.1. The zero-order chi connectivity index (χ0) is 25.1. The largest absolute Gasteiger partial charge is 0.381 e. The highest BCUT2D eigenvalue weighted by Crippen LogP contribution is 2.47. The van der Waals surface area contributed by atoms with E-state index in [1.54, 1.807) is 17.7 Å². The lowest BCUT2D eigenvalue weighted by molar-refractivity contribution is 0.0135. The second-order valence-corrected chi connectivity index (χ2v) is 10.4. The number of carbonyl (C=O) groups is 1. The van der Waals surface area contributed by atoms with Gasteiger partial charge in [0.05, 0.1) is 22.9 Å². The standard InChI is InChI=1S/C26H31F3N4O2/c1-14(16-8-5-9-20(23(16)27)26(2,28)29)30-25(35)19-13-33(15-6-4-7-15)22(34)10-21(19)31-24-17-11-32(3)12-18(17)24/h5,8-10,13-15,17-18,24,31H,4,6-7,11-12H2,1-3H3,(H,30,35)/t14-,17-,18+,24+/m1/s1. The normalized spacial score (nSPS) is 25.0. The van der Waals surface area contributed by atoms with E-state index >= 15 is 0 Å². The molecule has 188 valence electrons.